The predicted octanol–water partition coefficient (Wildman–Crippen LogP) is 2.39. The van der Waals surface area contributed by atoms with Crippen molar-refractivity contribution in [2.45, 2.75) is 0 Å². The fourth-order valence-electron chi connectivity index (χ4n) is 2.71. The molecule has 2 N–H and O–H groups in total. The third-order valence-electron chi connectivity index (χ3n) is 3.94. The van der Waals surface area contributed by atoms with E-state index in [1.807, 2.05) is 0 Å². The molecule has 0 fully saturated rings. The average Bonchev–Trinajstić information content (AvgIpc) is 2.65. The van der Waals surface area contributed by atoms with Gasteiger partial charge in [-0.25, -0.2) is 4.79 Å². The van der Waals surface area contributed by atoms with Gasteiger partial charge in [0.15, 0.2) is 6.79 Å². The maximum Gasteiger partial charge on any atom is 0.341 e. The van der Waals surface area contributed by atoms with Crippen LogP contribution in [0, 0.1) is 0 Å². The number of benzene rings is 2. The fourth-order valence-corrected chi connectivity index (χ4v) is 2.71. The molecule has 0 bridgehead atoms. The fraction of sp³-hybridized carbons (Fsp3) is 0.158. The van der Waals surface area contributed by atoms with Crippen LogP contribution in [0.5, 0.6) is 17.2 Å². The second-order valence-corrected chi connectivity index (χ2v) is 5.67. The van der Waals surface area contributed by atoms with Gasteiger partial charge in [-0.05, 0) is 12.1 Å². The highest BCUT2D eigenvalue weighted by molar-refractivity contribution is 5.93. The highest BCUT2D eigenvalue weighted by atomic mass is 16.7. The second kappa shape index (κ2) is 7.38. The van der Waals surface area contributed by atoms with E-state index in [9.17, 15) is 19.8 Å². The lowest BCUT2D eigenvalue weighted by Crippen LogP contribution is -2.18. The predicted molar refractivity (Wildman–Crippen MR) is 97.2 cm³/mol. The molecule has 8 heteroatoms. The summed E-state index contributed by atoms with van der Waals surface area (Å²) in [6, 6.07) is 9.10. The van der Waals surface area contributed by atoms with Crippen LogP contribution in [0.2, 0.25) is 0 Å². The van der Waals surface area contributed by atoms with Gasteiger partial charge in [0.05, 0.1) is 18.3 Å². The Labute approximate surface area is 153 Å². The zero-order valence-corrected chi connectivity index (χ0v) is 14.6. The van der Waals surface area contributed by atoms with Crippen LogP contribution in [-0.4, -0.2) is 41.8 Å². The van der Waals surface area contributed by atoms with E-state index >= 15 is 0 Å². The number of carboxylic acids is 1. The number of nitrogens with zero attached hydrogens (tertiary/aromatic N) is 1. The summed E-state index contributed by atoms with van der Waals surface area (Å²) in [5, 5.41) is 19.5. The van der Waals surface area contributed by atoms with Crippen molar-refractivity contribution in [3.8, 4) is 22.9 Å². The number of fused-ring (bicyclic) bond motifs is 1. The molecule has 0 atom stereocenters. The molecule has 3 aromatic rings. The van der Waals surface area contributed by atoms with Gasteiger partial charge in [0.25, 0.3) is 0 Å². The largest absolute Gasteiger partial charge is 0.508 e. The van der Waals surface area contributed by atoms with Crippen molar-refractivity contribution >= 4 is 16.9 Å². The van der Waals surface area contributed by atoms with E-state index in [2.05, 4.69) is 0 Å². The summed E-state index contributed by atoms with van der Waals surface area (Å²) in [4.78, 5) is 24.1. The molecule has 27 heavy (non-hydrogen) atoms. The minimum atomic E-state index is -1.34. The Hall–Kier alpha value is -3.52. The first-order valence-corrected chi connectivity index (χ1v) is 7.87. The number of phenolic OH excluding ortho intramolecular Hbond substituents is 1. The molecule has 0 saturated heterocycles. The summed E-state index contributed by atoms with van der Waals surface area (Å²) in [5.74, 6) is -0.601. The quantitative estimate of drug-likeness (QED) is 0.641. The minimum absolute atomic E-state index is 0.0168. The molecule has 0 spiro atoms. The van der Waals surface area contributed by atoms with Crippen LogP contribution in [0.3, 0.4) is 0 Å². The number of carbonyl (C=O) groups is 1. The minimum Gasteiger partial charge on any atom is -0.508 e. The molecule has 0 aliphatic carbocycles. The van der Waals surface area contributed by atoms with Crippen molar-refractivity contribution in [1.82, 2.24) is 4.57 Å². The third kappa shape index (κ3) is 3.56. The molecule has 140 valence electrons. The molecule has 0 amide bonds. The summed E-state index contributed by atoms with van der Waals surface area (Å²) in [6.45, 7) is 0.0168. The van der Waals surface area contributed by atoms with Gasteiger partial charge in [-0.3, -0.25) is 4.79 Å². The molecule has 0 aliphatic heterocycles. The number of ether oxygens (including phenoxy) is 3. The van der Waals surface area contributed by atoms with Crippen molar-refractivity contribution in [3.63, 3.8) is 0 Å². The number of carboxylic acid groups (broad SMARTS) is 1. The van der Waals surface area contributed by atoms with Gasteiger partial charge in [0.1, 0.15) is 22.8 Å². The topological polar surface area (TPSA) is 107 Å². The molecule has 0 saturated carbocycles. The molecule has 8 nitrogen and oxygen atoms in total. The van der Waals surface area contributed by atoms with Gasteiger partial charge >= 0.3 is 5.97 Å². The first-order valence-electron chi connectivity index (χ1n) is 7.87. The number of aromatic hydroxyl groups is 1. The highest BCUT2D eigenvalue weighted by Crippen LogP contribution is 2.28. The Morgan fingerprint density at radius 3 is 2.56 bits per heavy atom. The molecular weight excluding hydrogens is 354 g/mol. The zero-order valence-electron chi connectivity index (χ0n) is 14.6. The number of methoxy groups -OCH3 is 2. The van der Waals surface area contributed by atoms with Crippen molar-refractivity contribution in [2.75, 3.05) is 21.0 Å². The molecule has 0 unspecified atom stereocenters. The lowest BCUT2D eigenvalue weighted by Gasteiger charge is -2.15. The average molecular weight is 371 g/mol. The summed E-state index contributed by atoms with van der Waals surface area (Å²) < 4.78 is 16.9. The van der Waals surface area contributed by atoms with Crippen LogP contribution >= 0.6 is 0 Å². The second-order valence-electron chi connectivity index (χ2n) is 5.67. The third-order valence-corrected chi connectivity index (χ3v) is 3.94. The van der Waals surface area contributed by atoms with Crippen LogP contribution in [0.25, 0.3) is 16.6 Å². The Bertz CT molecular complexity index is 1070. The summed E-state index contributed by atoms with van der Waals surface area (Å²) in [5.41, 5.74) is -0.177. The van der Waals surface area contributed by atoms with Crippen LogP contribution in [0.15, 0.2) is 47.4 Å². The Morgan fingerprint density at radius 1 is 1.11 bits per heavy atom. The van der Waals surface area contributed by atoms with Crippen LogP contribution in [0.1, 0.15) is 10.4 Å². The molecule has 0 radical (unpaired) electrons. The molecule has 2 aromatic carbocycles. The maximum atomic E-state index is 12.5. The first kappa shape index (κ1) is 18.3. The van der Waals surface area contributed by atoms with Gasteiger partial charge in [-0.15, -0.1) is 0 Å². The number of pyridine rings is 1. The Morgan fingerprint density at radius 2 is 1.89 bits per heavy atom. The molecule has 1 heterocycles. The summed E-state index contributed by atoms with van der Waals surface area (Å²) >= 11 is 0. The normalized spacial score (nSPS) is 10.7. The van der Waals surface area contributed by atoms with Gasteiger partial charge < -0.3 is 29.0 Å². The van der Waals surface area contributed by atoms with Gasteiger partial charge in [0, 0.05) is 43.0 Å². The monoisotopic (exact) mass is 371 g/mol. The number of phenols is 1. The Balaban J connectivity index is 2.34. The van der Waals surface area contributed by atoms with Crippen LogP contribution in [0.4, 0.5) is 0 Å². The van der Waals surface area contributed by atoms with E-state index in [0.29, 0.717) is 22.7 Å². The Kier molecular flexibility index (Phi) is 5.00. The van der Waals surface area contributed by atoms with Gasteiger partial charge in [-0.2, -0.15) is 0 Å². The first-order chi connectivity index (χ1) is 12.9. The lowest BCUT2D eigenvalue weighted by molar-refractivity contribution is 0.0512. The lowest BCUT2D eigenvalue weighted by atomic mass is 10.1. The molecule has 3 rings (SSSR count). The number of aromatic nitrogens is 1. The van der Waals surface area contributed by atoms with Crippen LogP contribution in [-0.2, 0) is 4.74 Å². The van der Waals surface area contributed by atoms with Gasteiger partial charge in [0.2, 0.25) is 5.43 Å². The molecular formula is C19H17NO7. The number of hydrogen-bond donors (Lipinski definition) is 2. The van der Waals surface area contributed by atoms with Crippen molar-refractivity contribution < 1.29 is 29.2 Å². The smallest absolute Gasteiger partial charge is 0.341 e. The van der Waals surface area contributed by atoms with Crippen molar-refractivity contribution in [2.24, 2.45) is 0 Å². The van der Waals surface area contributed by atoms with E-state index in [1.54, 1.807) is 18.2 Å². The maximum absolute atomic E-state index is 12.5. The van der Waals surface area contributed by atoms with E-state index in [4.69, 9.17) is 14.2 Å². The van der Waals surface area contributed by atoms with Gasteiger partial charge in [-0.1, -0.05) is 0 Å². The van der Waals surface area contributed by atoms with Crippen LogP contribution < -0.4 is 14.9 Å². The highest BCUT2D eigenvalue weighted by Gasteiger charge is 2.17. The molecule has 1 aromatic heterocycles. The van der Waals surface area contributed by atoms with E-state index in [0.717, 1.165) is 0 Å². The summed E-state index contributed by atoms with van der Waals surface area (Å²) in [7, 11) is 2.93. The standard InChI is InChI=1S/C19H17NO7/c1-25-10-27-13-3-4-15-17(8-13)20(9-16(18(15)22)19(23)24)11-5-12(21)7-14(6-11)26-2/h3-9,21H,10H2,1-2H3,(H,23,24). The number of hydrogen-bond acceptors (Lipinski definition) is 6. The van der Waals surface area contributed by atoms with Crippen molar-refractivity contribution in [1.29, 1.82) is 0 Å². The van der Waals surface area contributed by atoms with E-state index in [-0.39, 0.29) is 17.9 Å². The van der Waals surface area contributed by atoms with E-state index in [1.165, 1.54) is 43.2 Å². The zero-order chi connectivity index (χ0) is 19.6. The SMILES string of the molecule is COCOc1ccc2c(=O)c(C(=O)O)cn(-c3cc(O)cc(OC)c3)c2c1. The van der Waals surface area contributed by atoms with Crippen molar-refractivity contribution in [3.05, 3.63) is 58.4 Å². The summed E-state index contributed by atoms with van der Waals surface area (Å²) in [6.07, 6.45) is 1.21. The number of rotatable bonds is 6. The van der Waals surface area contributed by atoms with E-state index < -0.39 is 17.0 Å². The number of aromatic carboxylic acids is 1. The molecule has 0 aliphatic rings.